The van der Waals surface area contributed by atoms with Gasteiger partial charge in [0.1, 0.15) is 0 Å². The Morgan fingerprint density at radius 2 is 1.50 bits per heavy atom. The van der Waals surface area contributed by atoms with Crippen LogP contribution < -0.4 is 0 Å². The summed E-state index contributed by atoms with van der Waals surface area (Å²) in [6, 6.07) is 0. The first-order chi connectivity index (χ1) is 4.37. The Morgan fingerprint density at radius 3 is 1.50 bits per heavy atom. The van der Waals surface area contributed by atoms with E-state index < -0.39 is 6.69 Å². The van der Waals surface area contributed by atoms with E-state index in [-0.39, 0.29) is 4.50 Å². The zero-order valence-corrected chi connectivity index (χ0v) is 9.82. The van der Waals surface area contributed by atoms with Gasteiger partial charge in [0.05, 0.1) is 4.50 Å². The van der Waals surface area contributed by atoms with Crippen LogP contribution in [-0.2, 0) is 0 Å². The number of hydrogen-bond acceptors (Lipinski definition) is 0. The van der Waals surface area contributed by atoms with Crippen LogP contribution in [0.2, 0.25) is 6.55 Å². The largest absolute Gasteiger partial charge is 0.268 e. The van der Waals surface area contributed by atoms with Crippen molar-refractivity contribution in [1.29, 1.82) is 0 Å². The van der Waals surface area contributed by atoms with Crippen LogP contribution in [0.4, 0.5) is 0 Å². The third-order valence-corrected chi connectivity index (χ3v) is 8.61. The predicted octanol–water partition coefficient (Wildman–Crippen LogP) is 3.87. The zero-order chi connectivity index (χ0) is 8.41. The summed E-state index contributed by atoms with van der Waals surface area (Å²) in [6.45, 7) is 3.71. The van der Waals surface area contributed by atoms with Crippen molar-refractivity contribution >= 4 is 40.5 Å². The summed E-state index contributed by atoms with van der Waals surface area (Å²) in [4.78, 5) is 0. The Hall–Kier alpha value is 1.09. The van der Waals surface area contributed by atoms with Crippen molar-refractivity contribution in [2.75, 3.05) is 0 Å². The fraction of sp³-hybridized carbons (Fsp3) is 1.00. The number of rotatable bonds is 3. The van der Waals surface area contributed by atoms with Gasteiger partial charge >= 0.3 is 0 Å². The molecule has 0 amide bonds. The Labute approximate surface area is 78.3 Å². The van der Waals surface area contributed by atoms with Crippen LogP contribution in [-0.4, -0.2) is 11.2 Å². The fourth-order valence-corrected chi connectivity index (χ4v) is 3.72. The minimum atomic E-state index is -2.20. The van der Waals surface area contributed by atoms with E-state index in [1.165, 1.54) is 0 Å². The maximum atomic E-state index is 6.18. The lowest BCUT2D eigenvalue weighted by molar-refractivity contribution is 0.699. The lowest BCUT2D eigenvalue weighted by atomic mass is 10.2. The van der Waals surface area contributed by atoms with Crippen LogP contribution in [0, 0.1) is 0 Å². The molecule has 0 aliphatic carbocycles. The van der Waals surface area contributed by atoms with Crippen LogP contribution in [0.3, 0.4) is 0 Å². The summed E-state index contributed by atoms with van der Waals surface area (Å²) in [5, 5.41) is 0. The van der Waals surface area contributed by atoms with Crippen LogP contribution in [0.1, 0.15) is 26.7 Å². The van der Waals surface area contributed by atoms with Crippen molar-refractivity contribution in [3.8, 4) is 0 Å². The molecule has 0 saturated heterocycles. The summed E-state index contributed by atoms with van der Waals surface area (Å²) < 4.78 is -0.337. The van der Waals surface area contributed by atoms with Gasteiger partial charge in [-0.05, 0) is 19.4 Å². The van der Waals surface area contributed by atoms with Gasteiger partial charge in [0.25, 0.3) is 6.69 Å². The molecule has 0 fully saturated rings. The Bertz CT molecular complexity index is 104. The molecule has 0 spiro atoms. The van der Waals surface area contributed by atoms with Gasteiger partial charge in [-0.1, -0.05) is 13.8 Å². The van der Waals surface area contributed by atoms with E-state index in [9.17, 15) is 0 Å². The molecule has 0 aromatic carbocycles. The Balaban J connectivity index is 4.33. The highest BCUT2D eigenvalue weighted by Crippen LogP contribution is 2.39. The first-order valence-corrected chi connectivity index (χ1v) is 8.34. The van der Waals surface area contributed by atoms with Crippen molar-refractivity contribution in [3.63, 3.8) is 0 Å². The minimum Gasteiger partial charge on any atom is -0.144 e. The van der Waals surface area contributed by atoms with Crippen LogP contribution in [0.25, 0.3) is 0 Å². The van der Waals surface area contributed by atoms with E-state index in [0.29, 0.717) is 0 Å². The van der Waals surface area contributed by atoms with Gasteiger partial charge in [-0.2, -0.15) is 0 Å². The molecule has 0 rings (SSSR count). The van der Waals surface area contributed by atoms with E-state index in [1.807, 2.05) is 20.4 Å². The maximum absolute atomic E-state index is 6.18. The molecule has 0 N–H and O–H groups in total. The molecule has 0 atom stereocenters. The van der Waals surface area contributed by atoms with Crippen LogP contribution >= 0.6 is 33.8 Å². The van der Waals surface area contributed by atoms with Crippen molar-refractivity contribution in [3.05, 3.63) is 0 Å². The molecule has 0 saturated carbocycles. The lowest BCUT2D eigenvalue weighted by Gasteiger charge is -2.31. The lowest BCUT2D eigenvalue weighted by Crippen LogP contribution is -2.42. The van der Waals surface area contributed by atoms with Crippen molar-refractivity contribution < 1.29 is 0 Å². The van der Waals surface area contributed by atoms with Crippen LogP contribution in [0.5, 0.6) is 0 Å². The van der Waals surface area contributed by atoms with Gasteiger partial charge in [0, 0.05) is 0 Å². The zero-order valence-electron chi connectivity index (χ0n) is 6.55. The normalized spacial score (nSPS) is 13.8. The van der Waals surface area contributed by atoms with Crippen molar-refractivity contribution in [2.45, 2.75) is 37.7 Å². The van der Waals surface area contributed by atoms with Crippen molar-refractivity contribution in [1.82, 2.24) is 0 Å². The molecule has 0 aromatic heterocycles. The Kier molecular flexibility index (Phi) is 4.06. The second-order valence-electron chi connectivity index (χ2n) is 2.56. The first kappa shape index (κ1) is 11.1. The van der Waals surface area contributed by atoms with Gasteiger partial charge in [-0.25, -0.2) is 0 Å². The van der Waals surface area contributed by atoms with Gasteiger partial charge < -0.3 is 0 Å². The molecule has 0 unspecified atom stereocenters. The molecule has 0 radical (unpaired) electrons. The molecule has 10 heavy (non-hydrogen) atoms. The summed E-state index contributed by atoms with van der Waals surface area (Å²) in [7, 11) is 0. The van der Waals surface area contributed by atoms with E-state index in [2.05, 4.69) is 0 Å². The van der Waals surface area contributed by atoms with E-state index >= 15 is 0 Å². The minimum absolute atomic E-state index is 0.337. The van der Waals surface area contributed by atoms with Gasteiger partial charge in [-0.15, -0.1) is 33.8 Å². The molecule has 62 valence electrons. The average molecular weight is 220 g/mol. The molecular weight excluding hydrogens is 207 g/mol. The van der Waals surface area contributed by atoms with Crippen LogP contribution in [0.15, 0.2) is 0 Å². The molecular formula is C6H13Cl3Si. The second kappa shape index (κ2) is 3.66. The summed E-state index contributed by atoms with van der Waals surface area (Å²) in [5.41, 5.74) is 0. The third-order valence-electron chi connectivity index (χ3n) is 1.91. The van der Waals surface area contributed by atoms with Crippen molar-refractivity contribution in [2.24, 2.45) is 0 Å². The molecule has 0 aliphatic heterocycles. The molecule has 0 heterocycles. The molecule has 0 bridgehead atoms. The SMILES string of the molecule is CCC(Cl)(CC)[Si](C)(Cl)Cl. The number of halogens is 3. The smallest absolute Gasteiger partial charge is 0.144 e. The fourth-order valence-electron chi connectivity index (χ4n) is 0.871. The summed E-state index contributed by atoms with van der Waals surface area (Å²) >= 11 is 18.2. The van der Waals surface area contributed by atoms with E-state index in [0.717, 1.165) is 12.8 Å². The maximum Gasteiger partial charge on any atom is 0.268 e. The first-order valence-electron chi connectivity index (χ1n) is 3.44. The molecule has 0 aliphatic rings. The van der Waals surface area contributed by atoms with E-state index in [1.54, 1.807) is 0 Å². The predicted molar refractivity (Wildman–Crippen MR) is 52.5 cm³/mol. The monoisotopic (exact) mass is 218 g/mol. The van der Waals surface area contributed by atoms with Gasteiger partial charge in [0.2, 0.25) is 0 Å². The number of alkyl halides is 1. The third kappa shape index (κ3) is 2.30. The highest BCUT2D eigenvalue weighted by Gasteiger charge is 2.44. The Morgan fingerprint density at radius 1 is 1.20 bits per heavy atom. The molecule has 0 nitrogen and oxygen atoms in total. The molecule has 4 heteroatoms. The summed E-state index contributed by atoms with van der Waals surface area (Å²) in [6.07, 6.45) is 1.70. The van der Waals surface area contributed by atoms with Gasteiger partial charge in [-0.3, -0.25) is 0 Å². The highest BCUT2D eigenvalue weighted by molar-refractivity contribution is 7.47. The average Bonchev–Trinajstić information content (AvgIpc) is 1.84. The quantitative estimate of drug-likeness (QED) is 0.384. The second-order valence-corrected chi connectivity index (χ2v) is 11.5. The number of hydrogen-bond donors (Lipinski definition) is 0. The summed E-state index contributed by atoms with van der Waals surface area (Å²) in [5.74, 6) is 0. The van der Waals surface area contributed by atoms with E-state index in [4.69, 9.17) is 33.8 Å². The van der Waals surface area contributed by atoms with Gasteiger partial charge in [0.15, 0.2) is 0 Å². The molecule has 0 aromatic rings. The standard InChI is InChI=1S/C6H13Cl3Si/c1-4-6(7,5-2)10(3,8)9/h4-5H2,1-3H3. The highest BCUT2D eigenvalue weighted by atomic mass is 35.7. The topological polar surface area (TPSA) is 0 Å².